The van der Waals surface area contributed by atoms with E-state index in [4.69, 9.17) is 10.5 Å². The highest BCUT2D eigenvalue weighted by Gasteiger charge is 2.31. The number of hydrogen-bond acceptors (Lipinski definition) is 4. The SMILES string of the molecule is CCc1nn(C)c(C(=O)N2CC(C)OCC2C)c1N. The third-order valence-corrected chi connectivity index (χ3v) is 3.57. The molecule has 19 heavy (non-hydrogen) atoms. The topological polar surface area (TPSA) is 73.4 Å². The van der Waals surface area contributed by atoms with E-state index >= 15 is 0 Å². The van der Waals surface area contributed by atoms with E-state index in [1.165, 1.54) is 0 Å². The van der Waals surface area contributed by atoms with Crippen molar-refractivity contribution in [3.05, 3.63) is 11.4 Å². The van der Waals surface area contributed by atoms with Crippen molar-refractivity contribution in [2.45, 2.75) is 39.3 Å². The van der Waals surface area contributed by atoms with E-state index < -0.39 is 0 Å². The molecule has 2 atom stereocenters. The molecule has 0 bridgehead atoms. The molecular formula is C13H22N4O2. The lowest BCUT2D eigenvalue weighted by Crippen LogP contribution is -2.50. The molecule has 2 heterocycles. The third-order valence-electron chi connectivity index (χ3n) is 3.57. The molecule has 6 heteroatoms. The Hall–Kier alpha value is -1.56. The summed E-state index contributed by atoms with van der Waals surface area (Å²) in [5.74, 6) is -0.0603. The van der Waals surface area contributed by atoms with Crippen molar-refractivity contribution in [1.82, 2.24) is 14.7 Å². The summed E-state index contributed by atoms with van der Waals surface area (Å²) >= 11 is 0. The Labute approximate surface area is 113 Å². The van der Waals surface area contributed by atoms with Crippen molar-refractivity contribution < 1.29 is 9.53 Å². The van der Waals surface area contributed by atoms with Gasteiger partial charge in [0.2, 0.25) is 0 Å². The van der Waals surface area contributed by atoms with Gasteiger partial charge in [-0.15, -0.1) is 0 Å². The van der Waals surface area contributed by atoms with Gasteiger partial charge < -0.3 is 15.4 Å². The van der Waals surface area contributed by atoms with Crippen LogP contribution in [0.15, 0.2) is 0 Å². The van der Waals surface area contributed by atoms with Gasteiger partial charge in [-0.2, -0.15) is 5.10 Å². The molecule has 2 rings (SSSR count). The lowest BCUT2D eigenvalue weighted by Gasteiger charge is -2.36. The molecule has 1 fully saturated rings. The predicted molar refractivity (Wildman–Crippen MR) is 72.9 cm³/mol. The zero-order valence-electron chi connectivity index (χ0n) is 12.0. The molecule has 0 radical (unpaired) electrons. The van der Waals surface area contributed by atoms with Crippen LogP contribution in [-0.4, -0.2) is 45.9 Å². The van der Waals surface area contributed by atoms with Crippen LogP contribution in [0, 0.1) is 0 Å². The molecule has 0 spiro atoms. The maximum absolute atomic E-state index is 12.7. The Bertz CT molecular complexity index is 483. The highest BCUT2D eigenvalue weighted by Crippen LogP contribution is 2.22. The van der Waals surface area contributed by atoms with Gasteiger partial charge in [-0.3, -0.25) is 9.48 Å². The zero-order chi connectivity index (χ0) is 14.2. The van der Waals surface area contributed by atoms with Crippen LogP contribution < -0.4 is 5.73 Å². The lowest BCUT2D eigenvalue weighted by atomic mass is 10.1. The molecule has 0 saturated carbocycles. The zero-order valence-corrected chi connectivity index (χ0v) is 12.0. The van der Waals surface area contributed by atoms with Crippen molar-refractivity contribution in [2.24, 2.45) is 7.05 Å². The summed E-state index contributed by atoms with van der Waals surface area (Å²) in [7, 11) is 1.76. The first kappa shape index (κ1) is 13.9. The van der Waals surface area contributed by atoms with Gasteiger partial charge in [0.25, 0.3) is 5.91 Å². The Morgan fingerprint density at radius 1 is 1.53 bits per heavy atom. The normalized spacial score (nSPS) is 23.7. The van der Waals surface area contributed by atoms with Gasteiger partial charge in [-0.25, -0.2) is 0 Å². The Kier molecular flexibility index (Phi) is 3.80. The number of anilines is 1. The Morgan fingerprint density at radius 3 is 2.79 bits per heavy atom. The van der Waals surface area contributed by atoms with Crippen LogP contribution in [0.4, 0.5) is 5.69 Å². The molecule has 1 aliphatic heterocycles. The summed E-state index contributed by atoms with van der Waals surface area (Å²) in [6.45, 7) is 7.08. The van der Waals surface area contributed by atoms with Crippen LogP contribution in [0.5, 0.6) is 0 Å². The summed E-state index contributed by atoms with van der Waals surface area (Å²) in [6, 6.07) is 0.0584. The van der Waals surface area contributed by atoms with E-state index in [1.54, 1.807) is 11.7 Å². The van der Waals surface area contributed by atoms with Crippen molar-refractivity contribution in [2.75, 3.05) is 18.9 Å². The minimum Gasteiger partial charge on any atom is -0.395 e. The van der Waals surface area contributed by atoms with E-state index in [0.717, 1.165) is 12.1 Å². The molecule has 6 nitrogen and oxygen atoms in total. The second-order valence-electron chi connectivity index (χ2n) is 5.14. The summed E-state index contributed by atoms with van der Waals surface area (Å²) in [6.07, 6.45) is 0.780. The van der Waals surface area contributed by atoms with Crippen molar-refractivity contribution >= 4 is 11.6 Å². The number of nitrogens with zero attached hydrogens (tertiary/aromatic N) is 3. The summed E-state index contributed by atoms with van der Waals surface area (Å²) in [5, 5.41) is 4.30. The maximum Gasteiger partial charge on any atom is 0.274 e. The van der Waals surface area contributed by atoms with E-state index in [1.807, 2.05) is 25.7 Å². The molecule has 1 aliphatic rings. The number of hydrogen-bond donors (Lipinski definition) is 1. The predicted octanol–water partition coefficient (Wildman–Crippen LogP) is 0.814. The molecular weight excluding hydrogens is 244 g/mol. The number of nitrogens with two attached hydrogens (primary N) is 1. The molecule has 2 N–H and O–H groups in total. The first-order valence-corrected chi connectivity index (χ1v) is 6.69. The average Bonchev–Trinajstić information content (AvgIpc) is 2.66. The molecule has 106 valence electrons. The number of amides is 1. The first-order valence-electron chi connectivity index (χ1n) is 6.69. The number of carbonyl (C=O) groups excluding carboxylic acids is 1. The molecule has 0 aromatic carbocycles. The monoisotopic (exact) mass is 266 g/mol. The van der Waals surface area contributed by atoms with E-state index in [9.17, 15) is 4.79 Å². The number of carbonyl (C=O) groups is 1. The standard InChI is InChI=1S/C13H22N4O2/c1-5-10-11(14)12(16(4)15-10)13(18)17-6-9(3)19-7-8(17)2/h8-9H,5-7,14H2,1-4H3. The fraction of sp³-hybridized carbons (Fsp3) is 0.692. The van der Waals surface area contributed by atoms with Crippen LogP contribution in [-0.2, 0) is 18.2 Å². The van der Waals surface area contributed by atoms with Gasteiger partial charge in [0.15, 0.2) is 0 Å². The van der Waals surface area contributed by atoms with Gasteiger partial charge in [-0.1, -0.05) is 6.92 Å². The van der Waals surface area contributed by atoms with Crippen LogP contribution in [0.2, 0.25) is 0 Å². The number of aryl methyl sites for hydroxylation is 2. The minimum atomic E-state index is -0.0603. The van der Waals surface area contributed by atoms with Crippen molar-refractivity contribution in [3.63, 3.8) is 0 Å². The largest absolute Gasteiger partial charge is 0.395 e. The highest BCUT2D eigenvalue weighted by atomic mass is 16.5. The molecule has 1 amide bonds. The highest BCUT2D eigenvalue weighted by molar-refractivity contribution is 5.98. The molecule has 0 aliphatic carbocycles. The maximum atomic E-state index is 12.7. The Balaban J connectivity index is 2.31. The Morgan fingerprint density at radius 2 is 2.21 bits per heavy atom. The fourth-order valence-electron chi connectivity index (χ4n) is 2.43. The molecule has 1 aromatic heterocycles. The van der Waals surface area contributed by atoms with Crippen molar-refractivity contribution in [3.8, 4) is 0 Å². The average molecular weight is 266 g/mol. The molecule has 2 unspecified atom stereocenters. The van der Waals surface area contributed by atoms with Gasteiger partial charge >= 0.3 is 0 Å². The summed E-state index contributed by atoms with van der Waals surface area (Å²) < 4.78 is 7.13. The number of aromatic nitrogens is 2. The van der Waals surface area contributed by atoms with Gasteiger partial charge in [0, 0.05) is 13.6 Å². The van der Waals surface area contributed by atoms with Crippen LogP contribution in [0.1, 0.15) is 37.0 Å². The number of rotatable bonds is 2. The molecule has 1 aromatic rings. The van der Waals surface area contributed by atoms with Gasteiger partial charge in [0.1, 0.15) is 5.69 Å². The lowest BCUT2D eigenvalue weighted by molar-refractivity contribution is -0.0390. The second-order valence-corrected chi connectivity index (χ2v) is 5.14. The fourth-order valence-corrected chi connectivity index (χ4v) is 2.43. The molecule has 1 saturated heterocycles. The van der Waals surface area contributed by atoms with E-state index in [-0.39, 0.29) is 18.1 Å². The van der Waals surface area contributed by atoms with E-state index in [0.29, 0.717) is 24.5 Å². The smallest absolute Gasteiger partial charge is 0.274 e. The number of morpholine rings is 1. The van der Waals surface area contributed by atoms with Crippen LogP contribution >= 0.6 is 0 Å². The van der Waals surface area contributed by atoms with Gasteiger partial charge in [0.05, 0.1) is 30.1 Å². The number of ether oxygens (including phenoxy) is 1. The summed E-state index contributed by atoms with van der Waals surface area (Å²) in [5.41, 5.74) is 7.80. The summed E-state index contributed by atoms with van der Waals surface area (Å²) in [4.78, 5) is 14.5. The van der Waals surface area contributed by atoms with E-state index in [2.05, 4.69) is 5.10 Å². The minimum absolute atomic E-state index is 0.0558. The third kappa shape index (κ3) is 2.45. The van der Waals surface area contributed by atoms with Gasteiger partial charge in [-0.05, 0) is 20.3 Å². The van der Waals surface area contributed by atoms with Crippen LogP contribution in [0.3, 0.4) is 0 Å². The van der Waals surface area contributed by atoms with Crippen LogP contribution in [0.25, 0.3) is 0 Å². The second kappa shape index (κ2) is 5.21. The van der Waals surface area contributed by atoms with Crippen molar-refractivity contribution in [1.29, 1.82) is 0 Å². The number of nitrogen functional groups attached to an aromatic ring is 1. The quantitative estimate of drug-likeness (QED) is 0.860. The first-order chi connectivity index (χ1) is 8.95.